The first kappa shape index (κ1) is 20.5. The van der Waals surface area contributed by atoms with Crippen molar-refractivity contribution in [2.75, 3.05) is 32.2 Å². The van der Waals surface area contributed by atoms with Crippen LogP contribution < -0.4 is 19.7 Å². The summed E-state index contributed by atoms with van der Waals surface area (Å²) in [5, 5.41) is 5.92. The zero-order valence-electron chi connectivity index (χ0n) is 14.9. The smallest absolute Gasteiger partial charge is 0.233 e. The Morgan fingerprint density at radius 1 is 1.38 bits per heavy atom. The number of carbonyl (C=O) groups excluding carboxylic acids is 1. The van der Waals surface area contributed by atoms with Gasteiger partial charge in [0, 0.05) is 29.8 Å². The lowest BCUT2D eigenvalue weighted by Crippen LogP contribution is -2.43. The van der Waals surface area contributed by atoms with E-state index in [1.54, 1.807) is 25.3 Å². The van der Waals surface area contributed by atoms with E-state index in [-0.39, 0.29) is 24.2 Å². The number of halogens is 1. The third-order valence-electron chi connectivity index (χ3n) is 4.39. The van der Waals surface area contributed by atoms with Gasteiger partial charge in [0.15, 0.2) is 5.13 Å². The predicted molar refractivity (Wildman–Crippen MR) is 106 cm³/mol. The van der Waals surface area contributed by atoms with Crippen molar-refractivity contribution in [1.82, 2.24) is 10.3 Å². The number of rotatable bonds is 6. The van der Waals surface area contributed by atoms with Gasteiger partial charge in [-0.25, -0.2) is 4.98 Å². The molecule has 1 amide bonds. The van der Waals surface area contributed by atoms with Crippen LogP contribution in [0.15, 0.2) is 29.8 Å². The van der Waals surface area contributed by atoms with E-state index in [0.29, 0.717) is 17.4 Å². The normalized spacial score (nSPS) is 16.5. The largest absolute Gasteiger partial charge is 0.497 e. The highest BCUT2D eigenvalue weighted by atomic mass is 35.5. The lowest BCUT2D eigenvalue weighted by Gasteiger charge is -2.28. The van der Waals surface area contributed by atoms with Gasteiger partial charge in [0.2, 0.25) is 5.91 Å². The van der Waals surface area contributed by atoms with E-state index in [2.05, 4.69) is 10.3 Å². The Hall–Kier alpha value is -1.83. The summed E-state index contributed by atoms with van der Waals surface area (Å²) in [6, 6.07) is 5.65. The molecule has 1 saturated heterocycles. The summed E-state index contributed by atoms with van der Waals surface area (Å²) in [7, 11) is 3.24. The molecule has 8 heteroatoms. The quantitative estimate of drug-likeness (QED) is 0.811. The van der Waals surface area contributed by atoms with E-state index in [4.69, 9.17) is 9.47 Å². The number of nitrogens with one attached hydrogen (secondary N) is 1. The minimum atomic E-state index is -0.0121. The third kappa shape index (κ3) is 4.66. The Kier molecular flexibility index (Phi) is 7.68. The summed E-state index contributed by atoms with van der Waals surface area (Å²) in [4.78, 5) is 19.2. The van der Waals surface area contributed by atoms with Crippen LogP contribution >= 0.6 is 23.7 Å². The molecule has 142 valence electrons. The molecule has 6 nitrogen and oxygen atoms in total. The molecule has 1 aliphatic heterocycles. The first-order chi connectivity index (χ1) is 12.2. The predicted octanol–water partition coefficient (Wildman–Crippen LogP) is 3.11. The molecule has 1 fully saturated rings. The average Bonchev–Trinajstić information content (AvgIpc) is 3.20. The molecule has 0 bridgehead atoms. The maximum atomic E-state index is 13.1. The molecule has 0 aliphatic carbocycles. The standard InChI is InChI=1S/C18H23N3O3S.ClH/c1-23-15-6-5-14(16(10-15)24-2)12-21(18-20-8-9-25-18)17(22)13-4-3-7-19-11-13;/h5-6,8-10,13,19H,3-4,7,11-12H2,1-2H3;1H. The number of ether oxygens (including phenoxy) is 2. The fourth-order valence-electron chi connectivity index (χ4n) is 3.02. The van der Waals surface area contributed by atoms with E-state index in [9.17, 15) is 4.79 Å². The number of anilines is 1. The Bertz CT molecular complexity index is 706. The van der Waals surface area contributed by atoms with E-state index >= 15 is 0 Å². The molecule has 3 rings (SSSR count). The number of carbonyl (C=O) groups is 1. The summed E-state index contributed by atoms with van der Waals surface area (Å²) in [6.07, 6.45) is 3.66. The lowest BCUT2D eigenvalue weighted by atomic mass is 9.98. The molecule has 0 spiro atoms. The Labute approximate surface area is 163 Å². The number of hydrogen-bond acceptors (Lipinski definition) is 6. The van der Waals surface area contributed by atoms with Crippen LogP contribution in [0.25, 0.3) is 0 Å². The van der Waals surface area contributed by atoms with Crippen LogP contribution in [0.3, 0.4) is 0 Å². The molecule has 1 unspecified atom stereocenters. The average molecular weight is 398 g/mol. The second-order valence-electron chi connectivity index (χ2n) is 5.96. The van der Waals surface area contributed by atoms with Crippen LogP contribution in [0, 0.1) is 5.92 Å². The van der Waals surface area contributed by atoms with Gasteiger partial charge in [0.25, 0.3) is 0 Å². The molecule has 1 N–H and O–H groups in total. The Balaban J connectivity index is 0.00000243. The first-order valence-corrected chi connectivity index (χ1v) is 9.23. The number of aromatic nitrogens is 1. The highest BCUT2D eigenvalue weighted by molar-refractivity contribution is 7.13. The van der Waals surface area contributed by atoms with Crippen molar-refractivity contribution >= 4 is 34.8 Å². The van der Waals surface area contributed by atoms with Crippen molar-refractivity contribution in [1.29, 1.82) is 0 Å². The van der Waals surface area contributed by atoms with Gasteiger partial charge >= 0.3 is 0 Å². The van der Waals surface area contributed by atoms with Crippen LogP contribution in [-0.4, -0.2) is 38.2 Å². The molecule has 1 aromatic carbocycles. The van der Waals surface area contributed by atoms with Crippen LogP contribution in [0.4, 0.5) is 5.13 Å². The number of benzene rings is 1. The van der Waals surface area contributed by atoms with Crippen molar-refractivity contribution in [2.45, 2.75) is 19.4 Å². The van der Waals surface area contributed by atoms with E-state index < -0.39 is 0 Å². The molecule has 1 aromatic heterocycles. The molecule has 1 aliphatic rings. The molecule has 2 heterocycles. The Morgan fingerprint density at radius 2 is 2.23 bits per heavy atom. The zero-order valence-corrected chi connectivity index (χ0v) is 16.6. The SMILES string of the molecule is COc1ccc(CN(C(=O)C2CCCNC2)c2nccs2)c(OC)c1.Cl. The number of methoxy groups -OCH3 is 2. The maximum absolute atomic E-state index is 13.1. The van der Waals surface area contributed by atoms with Crippen molar-refractivity contribution < 1.29 is 14.3 Å². The molecule has 0 radical (unpaired) electrons. The van der Waals surface area contributed by atoms with Crippen molar-refractivity contribution in [3.63, 3.8) is 0 Å². The lowest BCUT2D eigenvalue weighted by molar-refractivity contribution is -0.123. The van der Waals surface area contributed by atoms with Crippen molar-refractivity contribution in [2.24, 2.45) is 5.92 Å². The molecule has 2 aromatic rings. The maximum Gasteiger partial charge on any atom is 0.233 e. The van der Waals surface area contributed by atoms with Crippen LogP contribution in [0.2, 0.25) is 0 Å². The molecule has 1 atom stereocenters. The van der Waals surface area contributed by atoms with Crippen molar-refractivity contribution in [3.05, 3.63) is 35.3 Å². The first-order valence-electron chi connectivity index (χ1n) is 8.35. The van der Waals surface area contributed by atoms with Crippen LogP contribution in [-0.2, 0) is 11.3 Å². The second-order valence-corrected chi connectivity index (χ2v) is 6.83. The van der Waals surface area contributed by atoms with Gasteiger partial charge in [-0.05, 0) is 31.5 Å². The number of nitrogens with zero attached hydrogens (tertiary/aromatic N) is 2. The second kappa shape index (κ2) is 9.75. The monoisotopic (exact) mass is 397 g/mol. The minimum Gasteiger partial charge on any atom is -0.497 e. The molecule has 26 heavy (non-hydrogen) atoms. The fourth-order valence-corrected chi connectivity index (χ4v) is 3.67. The van der Waals surface area contributed by atoms with Crippen LogP contribution in [0.5, 0.6) is 11.5 Å². The number of piperidine rings is 1. The summed E-state index contributed by atoms with van der Waals surface area (Å²) in [6.45, 7) is 2.13. The van der Waals surface area contributed by atoms with E-state index in [1.165, 1.54) is 11.3 Å². The van der Waals surface area contributed by atoms with Crippen LogP contribution in [0.1, 0.15) is 18.4 Å². The highest BCUT2D eigenvalue weighted by Crippen LogP contribution is 2.29. The summed E-state index contributed by atoms with van der Waals surface area (Å²) in [5.41, 5.74) is 0.926. The number of thiazole rings is 1. The summed E-state index contributed by atoms with van der Waals surface area (Å²) < 4.78 is 10.7. The van der Waals surface area contributed by atoms with E-state index in [0.717, 1.165) is 37.2 Å². The van der Waals surface area contributed by atoms with Gasteiger partial charge in [-0.3, -0.25) is 9.69 Å². The van der Waals surface area contributed by atoms with Gasteiger partial charge in [-0.1, -0.05) is 0 Å². The minimum absolute atomic E-state index is 0. The topological polar surface area (TPSA) is 63.7 Å². The van der Waals surface area contributed by atoms with Gasteiger partial charge in [-0.15, -0.1) is 23.7 Å². The van der Waals surface area contributed by atoms with Gasteiger partial charge in [0.05, 0.1) is 26.7 Å². The van der Waals surface area contributed by atoms with Gasteiger partial charge < -0.3 is 14.8 Å². The molecular weight excluding hydrogens is 374 g/mol. The summed E-state index contributed by atoms with van der Waals surface area (Å²) >= 11 is 1.47. The highest BCUT2D eigenvalue weighted by Gasteiger charge is 2.28. The zero-order chi connectivity index (χ0) is 17.6. The van der Waals surface area contributed by atoms with Gasteiger partial charge in [-0.2, -0.15) is 0 Å². The summed E-state index contributed by atoms with van der Waals surface area (Å²) in [5.74, 6) is 1.53. The Morgan fingerprint density at radius 3 is 2.85 bits per heavy atom. The number of amides is 1. The van der Waals surface area contributed by atoms with Crippen molar-refractivity contribution in [3.8, 4) is 11.5 Å². The van der Waals surface area contributed by atoms with Gasteiger partial charge in [0.1, 0.15) is 11.5 Å². The fraction of sp³-hybridized carbons (Fsp3) is 0.444. The molecular formula is C18H24ClN3O3S. The molecule has 0 saturated carbocycles. The number of hydrogen-bond donors (Lipinski definition) is 1. The van der Waals surface area contributed by atoms with E-state index in [1.807, 2.05) is 23.6 Å². The third-order valence-corrected chi connectivity index (χ3v) is 5.18.